The fourth-order valence-electron chi connectivity index (χ4n) is 0.889. The molecule has 0 heterocycles. The van der Waals surface area contributed by atoms with Gasteiger partial charge in [-0.2, -0.15) is 0 Å². The lowest BCUT2D eigenvalue weighted by Crippen LogP contribution is -2.39. The van der Waals surface area contributed by atoms with E-state index in [2.05, 4.69) is 5.32 Å². The van der Waals surface area contributed by atoms with E-state index < -0.39 is 12.0 Å². The molecule has 0 aliphatic rings. The van der Waals surface area contributed by atoms with Crippen LogP contribution < -0.4 is 5.32 Å². The van der Waals surface area contributed by atoms with E-state index in [0.29, 0.717) is 6.61 Å². The minimum atomic E-state index is -0.663. The van der Waals surface area contributed by atoms with Crippen molar-refractivity contribution in [3.63, 3.8) is 0 Å². The zero-order valence-corrected chi connectivity index (χ0v) is 8.87. The molecule has 0 aromatic heterocycles. The first-order chi connectivity index (χ1) is 6.61. The third-order valence-electron chi connectivity index (χ3n) is 1.45. The van der Waals surface area contributed by atoms with Crippen molar-refractivity contribution in [3.8, 4) is 0 Å². The average molecular weight is 199 g/mol. The molecule has 0 bridgehead atoms. The van der Waals surface area contributed by atoms with Crippen LogP contribution in [0.2, 0.25) is 0 Å². The van der Waals surface area contributed by atoms with Crippen LogP contribution in [0.25, 0.3) is 0 Å². The first kappa shape index (κ1) is 12.7. The molecule has 0 spiro atoms. The molecule has 14 heavy (non-hydrogen) atoms. The number of esters is 1. The van der Waals surface area contributed by atoms with Crippen LogP contribution in [-0.4, -0.2) is 24.5 Å². The Kier molecular flexibility index (Phi) is 6.45. The Labute approximate surface area is 84.3 Å². The quantitative estimate of drug-likeness (QED) is 0.531. The molecule has 1 unspecified atom stereocenters. The van der Waals surface area contributed by atoms with Gasteiger partial charge in [-0.1, -0.05) is 19.1 Å². The predicted octanol–water partition coefficient (Wildman–Crippen LogP) is 1.02. The summed E-state index contributed by atoms with van der Waals surface area (Å²) in [6.45, 7) is 5.44. The molecule has 0 saturated heterocycles. The number of nitrogens with one attached hydrogen (secondary N) is 1. The van der Waals surface area contributed by atoms with Crippen molar-refractivity contribution in [1.29, 1.82) is 0 Å². The van der Waals surface area contributed by atoms with Crippen molar-refractivity contribution in [2.75, 3.05) is 6.61 Å². The number of carbonyl (C=O) groups excluding carboxylic acids is 2. The van der Waals surface area contributed by atoms with Crippen LogP contribution in [0.3, 0.4) is 0 Å². The van der Waals surface area contributed by atoms with E-state index in [1.165, 1.54) is 6.92 Å². The van der Waals surface area contributed by atoms with E-state index in [1.807, 2.05) is 6.92 Å². The number of hydrogen-bond donors (Lipinski definition) is 1. The minimum absolute atomic E-state index is 0.249. The van der Waals surface area contributed by atoms with Crippen molar-refractivity contribution in [3.05, 3.63) is 12.2 Å². The zero-order chi connectivity index (χ0) is 11.0. The van der Waals surface area contributed by atoms with E-state index in [1.54, 1.807) is 19.1 Å². The summed E-state index contributed by atoms with van der Waals surface area (Å²) in [4.78, 5) is 22.1. The van der Waals surface area contributed by atoms with Gasteiger partial charge in [0.1, 0.15) is 6.04 Å². The van der Waals surface area contributed by atoms with Crippen LogP contribution in [0.5, 0.6) is 0 Å². The molecule has 0 aromatic carbocycles. The predicted molar refractivity (Wildman–Crippen MR) is 53.7 cm³/mol. The Morgan fingerprint density at radius 1 is 1.50 bits per heavy atom. The molecule has 0 fully saturated rings. The van der Waals surface area contributed by atoms with Crippen LogP contribution in [0.15, 0.2) is 12.2 Å². The fraction of sp³-hybridized carbons (Fsp3) is 0.600. The summed E-state index contributed by atoms with van der Waals surface area (Å²) in [5.74, 6) is -0.665. The lowest BCUT2D eigenvalue weighted by atomic mass is 10.2. The summed E-state index contributed by atoms with van der Waals surface area (Å²) in [5.41, 5.74) is 0. The number of hydrogen-bond acceptors (Lipinski definition) is 3. The maximum absolute atomic E-state index is 11.3. The highest BCUT2D eigenvalue weighted by atomic mass is 16.5. The molecule has 1 atom stereocenters. The lowest BCUT2D eigenvalue weighted by Gasteiger charge is -2.12. The van der Waals surface area contributed by atoms with Crippen LogP contribution in [0.4, 0.5) is 0 Å². The van der Waals surface area contributed by atoms with Crippen molar-refractivity contribution in [1.82, 2.24) is 5.32 Å². The number of amides is 1. The topological polar surface area (TPSA) is 55.4 Å². The number of allylic oxidation sites excluding steroid dienone is 1. The van der Waals surface area contributed by atoms with E-state index in [9.17, 15) is 9.59 Å². The maximum atomic E-state index is 11.3. The summed E-state index contributed by atoms with van der Waals surface area (Å²) in [5, 5.41) is 2.49. The molecule has 4 nitrogen and oxygen atoms in total. The Morgan fingerprint density at radius 2 is 2.14 bits per heavy atom. The van der Waals surface area contributed by atoms with Gasteiger partial charge in [-0.15, -0.1) is 0 Å². The molecule has 4 heteroatoms. The fourth-order valence-corrected chi connectivity index (χ4v) is 0.889. The second-order valence-corrected chi connectivity index (χ2v) is 2.87. The van der Waals surface area contributed by atoms with Gasteiger partial charge in [0.15, 0.2) is 0 Å². The molecular formula is C10H17NO3. The van der Waals surface area contributed by atoms with Crippen molar-refractivity contribution < 1.29 is 14.3 Å². The molecule has 1 N–H and O–H groups in total. The molecule has 0 aromatic rings. The Balaban J connectivity index is 4.18. The molecule has 0 aliphatic carbocycles. The molecule has 1 amide bonds. The first-order valence-corrected chi connectivity index (χ1v) is 4.68. The SMILES string of the molecule is C/C=C/C(NC(C)=O)C(=O)OCCC. The van der Waals surface area contributed by atoms with Gasteiger partial charge in [0.25, 0.3) is 0 Å². The van der Waals surface area contributed by atoms with Crippen LogP contribution in [-0.2, 0) is 14.3 Å². The second kappa shape index (κ2) is 7.12. The van der Waals surface area contributed by atoms with Crippen molar-refractivity contribution >= 4 is 11.9 Å². The molecule has 0 radical (unpaired) electrons. The van der Waals surface area contributed by atoms with Gasteiger partial charge in [-0.25, -0.2) is 4.79 Å². The number of carbonyl (C=O) groups is 2. The first-order valence-electron chi connectivity index (χ1n) is 4.68. The van der Waals surface area contributed by atoms with E-state index in [-0.39, 0.29) is 5.91 Å². The van der Waals surface area contributed by atoms with Crippen LogP contribution >= 0.6 is 0 Å². The summed E-state index contributed by atoms with van der Waals surface area (Å²) < 4.78 is 4.90. The van der Waals surface area contributed by atoms with Gasteiger partial charge >= 0.3 is 5.97 Å². The normalized spacial score (nSPS) is 12.5. The molecule has 80 valence electrons. The third-order valence-corrected chi connectivity index (χ3v) is 1.45. The van der Waals surface area contributed by atoms with E-state index in [0.717, 1.165) is 6.42 Å². The third kappa shape index (κ3) is 5.35. The van der Waals surface area contributed by atoms with Gasteiger partial charge < -0.3 is 10.1 Å². The highest BCUT2D eigenvalue weighted by Gasteiger charge is 2.16. The zero-order valence-electron chi connectivity index (χ0n) is 8.87. The van der Waals surface area contributed by atoms with Crippen LogP contribution in [0, 0.1) is 0 Å². The highest BCUT2D eigenvalue weighted by molar-refractivity contribution is 5.84. The second-order valence-electron chi connectivity index (χ2n) is 2.87. The Hall–Kier alpha value is -1.32. The smallest absolute Gasteiger partial charge is 0.332 e. The van der Waals surface area contributed by atoms with Crippen molar-refractivity contribution in [2.45, 2.75) is 33.2 Å². The largest absolute Gasteiger partial charge is 0.464 e. The van der Waals surface area contributed by atoms with Gasteiger partial charge in [-0.3, -0.25) is 4.79 Å². The lowest BCUT2D eigenvalue weighted by molar-refractivity contribution is -0.146. The van der Waals surface area contributed by atoms with Gasteiger partial charge in [0.05, 0.1) is 6.61 Å². The molecule has 0 rings (SSSR count). The molecule has 0 aliphatic heterocycles. The summed E-state index contributed by atoms with van der Waals surface area (Å²) in [6.07, 6.45) is 4.07. The summed E-state index contributed by atoms with van der Waals surface area (Å²) in [6, 6.07) is -0.663. The summed E-state index contributed by atoms with van der Waals surface area (Å²) in [7, 11) is 0. The Bertz CT molecular complexity index is 223. The van der Waals surface area contributed by atoms with Gasteiger partial charge in [0, 0.05) is 6.92 Å². The number of rotatable bonds is 5. The standard InChI is InChI=1S/C10H17NO3/c1-4-6-9(11-8(3)12)10(13)14-7-5-2/h4,6,9H,5,7H2,1-3H3,(H,11,12)/b6-4+. The van der Waals surface area contributed by atoms with Gasteiger partial charge in [-0.05, 0) is 13.3 Å². The van der Waals surface area contributed by atoms with Gasteiger partial charge in [0.2, 0.25) is 5.91 Å². The van der Waals surface area contributed by atoms with Crippen molar-refractivity contribution in [2.24, 2.45) is 0 Å². The highest BCUT2D eigenvalue weighted by Crippen LogP contribution is 1.93. The van der Waals surface area contributed by atoms with Crippen LogP contribution in [0.1, 0.15) is 27.2 Å². The molecular weight excluding hydrogens is 182 g/mol. The Morgan fingerprint density at radius 3 is 2.57 bits per heavy atom. The minimum Gasteiger partial charge on any atom is -0.464 e. The average Bonchev–Trinajstić information content (AvgIpc) is 2.13. The number of ether oxygens (including phenoxy) is 1. The maximum Gasteiger partial charge on any atom is 0.332 e. The monoisotopic (exact) mass is 199 g/mol. The van der Waals surface area contributed by atoms with E-state index in [4.69, 9.17) is 4.74 Å². The molecule has 0 saturated carbocycles. The van der Waals surface area contributed by atoms with E-state index >= 15 is 0 Å². The summed E-state index contributed by atoms with van der Waals surface area (Å²) >= 11 is 0.